The smallest absolute Gasteiger partial charge is 0.240 e. The molecule has 1 aromatic carbocycles. The van der Waals surface area contributed by atoms with Crippen LogP contribution in [0.1, 0.15) is 5.56 Å². The maximum Gasteiger partial charge on any atom is 0.240 e. The van der Waals surface area contributed by atoms with E-state index in [1.54, 1.807) is 17.4 Å². The Kier molecular flexibility index (Phi) is 4.71. The minimum atomic E-state index is -0.124. The number of carbonyl (C=O) groups is 1. The molecule has 1 aromatic heterocycles. The topological polar surface area (TPSA) is 32.3 Å². The van der Waals surface area contributed by atoms with Crippen LogP contribution in [0, 0.1) is 0 Å². The highest BCUT2D eigenvalue weighted by molar-refractivity contribution is 7.13. The van der Waals surface area contributed by atoms with Gasteiger partial charge < -0.3 is 10.2 Å². The quantitative estimate of drug-likeness (QED) is 0.861. The van der Waals surface area contributed by atoms with Gasteiger partial charge in [0.25, 0.3) is 0 Å². The zero-order valence-electron chi connectivity index (χ0n) is 12.5. The Morgan fingerprint density at radius 3 is 2.82 bits per heavy atom. The van der Waals surface area contributed by atoms with E-state index in [-0.39, 0.29) is 11.9 Å². The lowest BCUT2D eigenvalue weighted by Gasteiger charge is -2.32. The zero-order valence-corrected chi connectivity index (χ0v) is 13.3. The van der Waals surface area contributed by atoms with Gasteiger partial charge in [0.15, 0.2) is 0 Å². The van der Waals surface area contributed by atoms with Crippen molar-refractivity contribution in [2.75, 3.05) is 19.6 Å². The van der Waals surface area contributed by atoms with Crippen LogP contribution in [0.15, 0.2) is 54.4 Å². The molecule has 1 amide bonds. The molecular formula is C18H20N2OS. The molecular weight excluding hydrogens is 292 g/mol. The van der Waals surface area contributed by atoms with Crippen LogP contribution >= 0.6 is 11.3 Å². The highest BCUT2D eigenvalue weighted by atomic mass is 32.1. The van der Waals surface area contributed by atoms with Gasteiger partial charge in [0.05, 0.1) is 6.04 Å². The van der Waals surface area contributed by atoms with E-state index in [0.29, 0.717) is 6.54 Å². The molecule has 1 saturated heterocycles. The van der Waals surface area contributed by atoms with Crippen LogP contribution in [-0.2, 0) is 11.2 Å². The van der Waals surface area contributed by atoms with Gasteiger partial charge in [0.1, 0.15) is 0 Å². The number of rotatable bonds is 5. The van der Waals surface area contributed by atoms with Crippen molar-refractivity contribution in [2.45, 2.75) is 12.5 Å². The van der Waals surface area contributed by atoms with Crippen LogP contribution in [0.2, 0.25) is 0 Å². The van der Waals surface area contributed by atoms with Crippen LogP contribution in [0.3, 0.4) is 0 Å². The molecule has 0 aliphatic carbocycles. The monoisotopic (exact) mass is 312 g/mol. The molecule has 3 rings (SSSR count). The Balaban J connectivity index is 1.67. The van der Waals surface area contributed by atoms with E-state index in [9.17, 15) is 4.79 Å². The van der Waals surface area contributed by atoms with Crippen LogP contribution in [0.4, 0.5) is 0 Å². The van der Waals surface area contributed by atoms with Gasteiger partial charge in [-0.15, -0.1) is 17.9 Å². The standard InChI is InChI=1S/C18H20N2OS/c1-2-10-20-11-9-19-16(18(20)21)13-14-5-7-15(8-6-14)17-4-3-12-22-17/h2-8,12,16,19H,1,9-11,13H2/t16-/m0/s1. The first kappa shape index (κ1) is 15.0. The second-order valence-electron chi connectivity index (χ2n) is 5.46. The van der Waals surface area contributed by atoms with Crippen molar-refractivity contribution >= 4 is 17.2 Å². The van der Waals surface area contributed by atoms with Crippen molar-refractivity contribution in [3.05, 3.63) is 60.0 Å². The molecule has 1 aliphatic heterocycles. The summed E-state index contributed by atoms with van der Waals surface area (Å²) < 4.78 is 0. The van der Waals surface area contributed by atoms with E-state index < -0.39 is 0 Å². The van der Waals surface area contributed by atoms with Gasteiger partial charge in [-0.2, -0.15) is 0 Å². The van der Waals surface area contributed by atoms with Crippen LogP contribution in [0.25, 0.3) is 10.4 Å². The lowest BCUT2D eigenvalue weighted by Crippen LogP contribution is -2.55. The number of hydrogen-bond acceptors (Lipinski definition) is 3. The number of thiophene rings is 1. The molecule has 2 aromatic rings. The molecule has 0 saturated carbocycles. The lowest BCUT2D eigenvalue weighted by molar-refractivity contribution is -0.135. The number of nitrogens with zero attached hydrogens (tertiary/aromatic N) is 1. The molecule has 0 unspecified atom stereocenters. The summed E-state index contributed by atoms with van der Waals surface area (Å²) in [6, 6.07) is 12.6. The SMILES string of the molecule is C=CCN1CCN[C@@H](Cc2ccc(-c3cccs3)cc2)C1=O. The van der Waals surface area contributed by atoms with Crippen molar-refractivity contribution in [3.63, 3.8) is 0 Å². The molecule has 3 nitrogen and oxygen atoms in total. The fraction of sp³-hybridized carbons (Fsp3) is 0.278. The third kappa shape index (κ3) is 3.29. The second-order valence-corrected chi connectivity index (χ2v) is 6.41. The third-order valence-electron chi connectivity index (χ3n) is 3.93. The first-order chi connectivity index (χ1) is 10.8. The van der Waals surface area contributed by atoms with E-state index in [1.807, 2.05) is 4.90 Å². The number of benzene rings is 1. The average Bonchev–Trinajstić information content (AvgIpc) is 3.07. The minimum absolute atomic E-state index is 0.124. The molecule has 1 aliphatic rings. The normalized spacial score (nSPS) is 18.5. The van der Waals surface area contributed by atoms with Gasteiger partial charge in [-0.25, -0.2) is 0 Å². The Labute approximate surface area is 135 Å². The van der Waals surface area contributed by atoms with Crippen molar-refractivity contribution in [1.29, 1.82) is 0 Å². The van der Waals surface area contributed by atoms with E-state index >= 15 is 0 Å². The number of amides is 1. The molecule has 4 heteroatoms. The Morgan fingerprint density at radius 1 is 1.32 bits per heavy atom. The van der Waals surface area contributed by atoms with Gasteiger partial charge in [0.2, 0.25) is 5.91 Å². The van der Waals surface area contributed by atoms with E-state index in [4.69, 9.17) is 0 Å². The number of hydrogen-bond donors (Lipinski definition) is 1. The Hall–Kier alpha value is -1.91. The van der Waals surface area contributed by atoms with Gasteiger partial charge in [-0.1, -0.05) is 36.4 Å². The zero-order chi connectivity index (χ0) is 15.4. The van der Waals surface area contributed by atoms with E-state index in [2.05, 4.69) is 53.7 Å². The van der Waals surface area contributed by atoms with Crippen molar-refractivity contribution < 1.29 is 4.79 Å². The summed E-state index contributed by atoms with van der Waals surface area (Å²) in [6.07, 6.45) is 2.52. The summed E-state index contributed by atoms with van der Waals surface area (Å²) in [6.45, 7) is 5.96. The van der Waals surface area contributed by atoms with Crippen molar-refractivity contribution in [2.24, 2.45) is 0 Å². The lowest BCUT2D eigenvalue weighted by atomic mass is 10.0. The first-order valence-corrected chi connectivity index (χ1v) is 8.42. The van der Waals surface area contributed by atoms with Gasteiger partial charge in [0, 0.05) is 24.5 Å². The summed E-state index contributed by atoms with van der Waals surface area (Å²) in [5.41, 5.74) is 2.42. The molecule has 0 bridgehead atoms. The maximum atomic E-state index is 12.4. The summed E-state index contributed by atoms with van der Waals surface area (Å²) in [5.74, 6) is 0.175. The molecule has 114 valence electrons. The second kappa shape index (κ2) is 6.90. The molecule has 22 heavy (non-hydrogen) atoms. The molecule has 2 heterocycles. The minimum Gasteiger partial charge on any atom is -0.336 e. The number of carbonyl (C=O) groups excluding carboxylic acids is 1. The number of piperazine rings is 1. The largest absolute Gasteiger partial charge is 0.336 e. The third-order valence-corrected chi connectivity index (χ3v) is 4.85. The molecule has 0 radical (unpaired) electrons. The molecule has 0 spiro atoms. The van der Waals surface area contributed by atoms with Crippen molar-refractivity contribution in [1.82, 2.24) is 10.2 Å². The average molecular weight is 312 g/mol. The first-order valence-electron chi connectivity index (χ1n) is 7.54. The molecule has 1 fully saturated rings. The maximum absolute atomic E-state index is 12.4. The summed E-state index contributed by atoms with van der Waals surface area (Å²) >= 11 is 1.74. The summed E-state index contributed by atoms with van der Waals surface area (Å²) in [7, 11) is 0. The Morgan fingerprint density at radius 2 is 2.14 bits per heavy atom. The molecule has 1 N–H and O–H groups in total. The van der Waals surface area contributed by atoms with Crippen molar-refractivity contribution in [3.8, 4) is 10.4 Å². The Bertz CT molecular complexity index is 634. The number of nitrogens with one attached hydrogen (secondary N) is 1. The fourth-order valence-corrected chi connectivity index (χ4v) is 3.50. The predicted octanol–water partition coefficient (Wildman–Crippen LogP) is 2.94. The highest BCUT2D eigenvalue weighted by Gasteiger charge is 2.27. The van der Waals surface area contributed by atoms with Crippen LogP contribution < -0.4 is 5.32 Å². The van der Waals surface area contributed by atoms with Crippen LogP contribution in [-0.4, -0.2) is 36.5 Å². The fourth-order valence-electron chi connectivity index (χ4n) is 2.77. The highest BCUT2D eigenvalue weighted by Crippen LogP contribution is 2.25. The predicted molar refractivity (Wildman–Crippen MR) is 92.0 cm³/mol. The van der Waals surface area contributed by atoms with Gasteiger partial charge in [-0.05, 0) is 29.0 Å². The molecule has 1 atom stereocenters. The van der Waals surface area contributed by atoms with Gasteiger partial charge >= 0.3 is 0 Å². The van der Waals surface area contributed by atoms with Gasteiger partial charge in [-0.3, -0.25) is 4.79 Å². The summed E-state index contributed by atoms with van der Waals surface area (Å²) in [4.78, 5) is 15.5. The van der Waals surface area contributed by atoms with E-state index in [0.717, 1.165) is 19.5 Å². The summed E-state index contributed by atoms with van der Waals surface area (Å²) in [5, 5.41) is 5.41. The van der Waals surface area contributed by atoms with Crippen LogP contribution in [0.5, 0.6) is 0 Å². The van der Waals surface area contributed by atoms with E-state index in [1.165, 1.54) is 16.0 Å².